The summed E-state index contributed by atoms with van der Waals surface area (Å²) in [5.41, 5.74) is 3.79. The van der Waals surface area contributed by atoms with Gasteiger partial charge in [-0.15, -0.1) is 0 Å². The molecular formula is C14H16ClN2+. The highest BCUT2D eigenvalue weighted by Gasteiger charge is 2.17. The van der Waals surface area contributed by atoms with Gasteiger partial charge in [-0.1, -0.05) is 24.4 Å². The molecule has 17 heavy (non-hydrogen) atoms. The van der Waals surface area contributed by atoms with E-state index in [-0.39, 0.29) is 0 Å². The Balaban J connectivity index is 2.20. The summed E-state index contributed by atoms with van der Waals surface area (Å²) in [7, 11) is 0. The maximum atomic E-state index is 6.09. The molecule has 0 bridgehead atoms. The quantitative estimate of drug-likeness (QED) is 0.654. The van der Waals surface area contributed by atoms with Crippen molar-refractivity contribution in [3.05, 3.63) is 40.8 Å². The number of aryl methyl sites for hydroxylation is 2. The molecule has 0 radical (unpaired) electrons. The zero-order valence-corrected chi connectivity index (χ0v) is 10.6. The fraction of sp³-hybridized carbons (Fsp3) is 0.429. The second-order valence-electron chi connectivity index (χ2n) is 4.72. The third-order valence-electron chi connectivity index (χ3n) is 3.51. The third kappa shape index (κ3) is 2.14. The summed E-state index contributed by atoms with van der Waals surface area (Å²) in [6.45, 7) is 0. The maximum absolute atomic E-state index is 6.09. The van der Waals surface area contributed by atoms with Crippen molar-refractivity contribution in [1.82, 2.24) is 4.98 Å². The number of fused-ring (bicyclic) bond motifs is 3. The van der Waals surface area contributed by atoms with Gasteiger partial charge < -0.3 is 0 Å². The average molecular weight is 248 g/mol. The van der Waals surface area contributed by atoms with Crippen LogP contribution >= 0.6 is 11.6 Å². The predicted octanol–water partition coefficient (Wildman–Crippen LogP) is 3.13. The van der Waals surface area contributed by atoms with E-state index in [1.54, 1.807) is 0 Å². The monoisotopic (exact) mass is 247 g/mol. The molecule has 0 atom stereocenters. The summed E-state index contributed by atoms with van der Waals surface area (Å²) in [6, 6.07) is 3.89. The van der Waals surface area contributed by atoms with Gasteiger partial charge in [0, 0.05) is 18.1 Å². The van der Waals surface area contributed by atoms with Gasteiger partial charge in [0.2, 0.25) is 0 Å². The zero-order valence-electron chi connectivity index (χ0n) is 9.82. The van der Waals surface area contributed by atoms with Gasteiger partial charge in [-0.2, -0.15) is 4.40 Å². The fourth-order valence-electron chi connectivity index (χ4n) is 2.61. The number of nitrogens with zero attached hydrogens (tertiary/aromatic N) is 2. The molecule has 0 unspecified atom stereocenters. The van der Waals surface area contributed by atoms with Crippen molar-refractivity contribution in [1.29, 1.82) is 0 Å². The van der Waals surface area contributed by atoms with Crippen LogP contribution in [0, 0.1) is 0 Å². The molecule has 0 amide bonds. The zero-order chi connectivity index (χ0) is 11.7. The third-order valence-corrected chi connectivity index (χ3v) is 3.74. The number of hydrogen-bond acceptors (Lipinski definition) is 1. The highest BCUT2D eigenvalue weighted by molar-refractivity contribution is 6.30. The van der Waals surface area contributed by atoms with Crippen LogP contribution in [0.4, 0.5) is 0 Å². The topological polar surface area (TPSA) is 17.0 Å². The molecule has 0 spiro atoms. The lowest BCUT2D eigenvalue weighted by atomic mass is 9.98. The molecule has 3 rings (SSSR count). The number of rotatable bonds is 0. The summed E-state index contributed by atoms with van der Waals surface area (Å²) >= 11 is 6.09. The van der Waals surface area contributed by atoms with Crippen LogP contribution in [-0.2, 0) is 12.8 Å². The van der Waals surface area contributed by atoms with E-state index < -0.39 is 0 Å². The van der Waals surface area contributed by atoms with E-state index in [4.69, 9.17) is 11.6 Å². The smallest absolute Gasteiger partial charge is 0.199 e. The minimum Gasteiger partial charge on any atom is -0.199 e. The number of hydrogen-bond donors (Lipinski definition) is 0. The molecule has 1 aliphatic carbocycles. The second-order valence-corrected chi connectivity index (χ2v) is 5.16. The highest BCUT2D eigenvalue weighted by Crippen LogP contribution is 2.18. The Morgan fingerprint density at radius 1 is 1.06 bits per heavy atom. The first-order valence-corrected chi connectivity index (χ1v) is 6.70. The first kappa shape index (κ1) is 11.0. The van der Waals surface area contributed by atoms with Crippen molar-refractivity contribution in [2.24, 2.45) is 0 Å². The van der Waals surface area contributed by atoms with Crippen LogP contribution in [0.1, 0.15) is 36.9 Å². The summed E-state index contributed by atoms with van der Waals surface area (Å²) in [4.78, 5) is 4.51. The predicted molar refractivity (Wildman–Crippen MR) is 68.3 cm³/mol. The first-order chi connectivity index (χ1) is 8.34. The molecule has 2 aromatic rings. The van der Waals surface area contributed by atoms with Gasteiger partial charge in [0.15, 0.2) is 0 Å². The average Bonchev–Trinajstić information content (AvgIpc) is 2.29. The summed E-state index contributed by atoms with van der Waals surface area (Å²) < 4.78 is 2.17. The van der Waals surface area contributed by atoms with Gasteiger partial charge in [0.1, 0.15) is 18.1 Å². The molecule has 2 heterocycles. The molecular weight excluding hydrogens is 232 g/mol. The Kier molecular flexibility index (Phi) is 2.98. The molecule has 0 aliphatic heterocycles. The molecule has 0 aromatic carbocycles. The van der Waals surface area contributed by atoms with E-state index in [1.807, 2.05) is 24.5 Å². The van der Waals surface area contributed by atoms with Crippen LogP contribution in [-0.4, -0.2) is 4.98 Å². The summed E-state index contributed by atoms with van der Waals surface area (Å²) in [6.07, 6.45) is 11.6. The normalized spacial score (nSPS) is 16.3. The molecule has 1 aliphatic rings. The van der Waals surface area contributed by atoms with E-state index in [0.717, 1.165) is 23.5 Å². The minimum absolute atomic E-state index is 0.778. The van der Waals surface area contributed by atoms with Crippen molar-refractivity contribution in [3.8, 4) is 0 Å². The Bertz CT molecular complexity index is 551. The molecule has 2 aromatic heterocycles. The van der Waals surface area contributed by atoms with Crippen LogP contribution in [0.2, 0.25) is 5.02 Å². The molecule has 0 saturated heterocycles. The van der Waals surface area contributed by atoms with Gasteiger partial charge in [0.05, 0.1) is 5.02 Å². The van der Waals surface area contributed by atoms with Crippen molar-refractivity contribution in [3.63, 3.8) is 0 Å². The molecule has 0 fully saturated rings. The van der Waals surface area contributed by atoms with E-state index in [2.05, 4.69) is 9.38 Å². The van der Waals surface area contributed by atoms with Gasteiger partial charge in [-0.05, 0) is 30.3 Å². The summed E-state index contributed by atoms with van der Waals surface area (Å²) in [5.74, 6) is 0. The van der Waals surface area contributed by atoms with E-state index in [0.29, 0.717) is 0 Å². The van der Waals surface area contributed by atoms with Crippen LogP contribution < -0.4 is 4.40 Å². The number of aromatic nitrogens is 2. The number of pyridine rings is 1. The van der Waals surface area contributed by atoms with Gasteiger partial charge in [-0.3, -0.25) is 0 Å². The summed E-state index contributed by atoms with van der Waals surface area (Å²) in [5, 5.41) is 0.778. The Morgan fingerprint density at radius 2 is 1.88 bits per heavy atom. The number of halogens is 1. The first-order valence-electron chi connectivity index (χ1n) is 6.32. The van der Waals surface area contributed by atoms with Gasteiger partial charge >= 0.3 is 5.65 Å². The Hall–Kier alpha value is -1.15. The molecule has 0 saturated carbocycles. The van der Waals surface area contributed by atoms with Crippen LogP contribution in [0.5, 0.6) is 0 Å². The van der Waals surface area contributed by atoms with Crippen LogP contribution in [0.3, 0.4) is 0 Å². The van der Waals surface area contributed by atoms with E-state index in [9.17, 15) is 0 Å². The van der Waals surface area contributed by atoms with Crippen LogP contribution in [0.15, 0.2) is 24.5 Å². The van der Waals surface area contributed by atoms with Crippen molar-refractivity contribution < 1.29 is 4.40 Å². The fourth-order valence-corrected chi connectivity index (χ4v) is 2.77. The highest BCUT2D eigenvalue weighted by atomic mass is 35.5. The maximum Gasteiger partial charge on any atom is 0.327 e. The molecule has 3 heteroatoms. The Morgan fingerprint density at radius 3 is 2.76 bits per heavy atom. The largest absolute Gasteiger partial charge is 0.327 e. The van der Waals surface area contributed by atoms with Crippen molar-refractivity contribution >= 4 is 17.2 Å². The lowest BCUT2D eigenvalue weighted by Gasteiger charge is -2.11. The molecule has 2 nitrogen and oxygen atoms in total. The standard InChI is InChI=1S/C14H16ClN2/c15-12-7-8-14-16-9-11-5-3-1-2-4-6-13(11)17(14)10-12/h7-10H,1-6H2/q+1. The van der Waals surface area contributed by atoms with E-state index >= 15 is 0 Å². The SMILES string of the molecule is Clc1ccc2ncc3c([n+]2c1)CCCCCC3. The van der Waals surface area contributed by atoms with Crippen LogP contribution in [0.25, 0.3) is 5.65 Å². The van der Waals surface area contributed by atoms with Crippen molar-refractivity contribution in [2.75, 3.05) is 0 Å². The van der Waals surface area contributed by atoms with Crippen molar-refractivity contribution in [2.45, 2.75) is 38.5 Å². The lowest BCUT2D eigenvalue weighted by Crippen LogP contribution is -2.31. The minimum atomic E-state index is 0.778. The van der Waals surface area contributed by atoms with E-state index in [1.165, 1.54) is 36.9 Å². The molecule has 0 N–H and O–H groups in total. The van der Waals surface area contributed by atoms with Gasteiger partial charge in [-0.25, -0.2) is 0 Å². The second kappa shape index (κ2) is 4.61. The van der Waals surface area contributed by atoms with Gasteiger partial charge in [0.25, 0.3) is 0 Å². The molecule has 88 valence electrons. The lowest BCUT2D eigenvalue weighted by molar-refractivity contribution is -0.525. The Labute approximate surface area is 106 Å².